The van der Waals surface area contributed by atoms with E-state index in [0.717, 1.165) is 21.8 Å². The molecule has 0 unspecified atom stereocenters. The largest absolute Gasteiger partial charge is 0.486 e. The standard InChI is InChI=1S/C24H24N4O4/c1-14-9-19(21(29)12-28-24(30)20(10-25)15(2)16(3)26-28)17(4)27(14)11-18-13-31-22-7-5-6-8-23(22)32-18/h5-9,18H,11-13H2,1-4H3/t18-/m0/s1. The zero-order valence-electron chi connectivity index (χ0n) is 18.5. The number of aryl methyl sites for hydroxylation is 2. The van der Waals surface area contributed by atoms with E-state index in [4.69, 9.17) is 9.47 Å². The second-order valence-electron chi connectivity index (χ2n) is 7.98. The van der Waals surface area contributed by atoms with Gasteiger partial charge in [0.25, 0.3) is 5.56 Å². The van der Waals surface area contributed by atoms with Gasteiger partial charge in [0, 0.05) is 17.0 Å². The SMILES string of the molecule is Cc1nn(CC(=O)c2cc(C)n(C[C@H]3COc4ccccc4O3)c2C)c(=O)c(C#N)c1C. The molecule has 0 aliphatic carbocycles. The fourth-order valence-electron chi connectivity index (χ4n) is 3.95. The van der Waals surface area contributed by atoms with Crippen LogP contribution < -0.4 is 15.0 Å². The maximum atomic E-state index is 13.1. The topological polar surface area (TPSA) is 99.1 Å². The maximum Gasteiger partial charge on any atom is 0.285 e. The van der Waals surface area contributed by atoms with Crippen molar-refractivity contribution < 1.29 is 14.3 Å². The van der Waals surface area contributed by atoms with Crippen molar-refractivity contribution in [3.05, 3.63) is 74.5 Å². The Hall–Kier alpha value is -3.86. The van der Waals surface area contributed by atoms with Gasteiger partial charge in [-0.25, -0.2) is 4.68 Å². The van der Waals surface area contributed by atoms with Crippen LogP contribution in [0.2, 0.25) is 0 Å². The van der Waals surface area contributed by atoms with E-state index >= 15 is 0 Å². The second-order valence-corrected chi connectivity index (χ2v) is 7.98. The van der Waals surface area contributed by atoms with Crippen LogP contribution in [0.3, 0.4) is 0 Å². The number of nitrogens with zero attached hydrogens (tertiary/aromatic N) is 4. The van der Waals surface area contributed by atoms with Gasteiger partial charge in [-0.2, -0.15) is 10.4 Å². The smallest absolute Gasteiger partial charge is 0.285 e. The van der Waals surface area contributed by atoms with Gasteiger partial charge < -0.3 is 14.0 Å². The summed E-state index contributed by atoms with van der Waals surface area (Å²) in [6.07, 6.45) is -0.195. The molecular formula is C24H24N4O4. The summed E-state index contributed by atoms with van der Waals surface area (Å²) in [6.45, 7) is 7.90. The van der Waals surface area contributed by atoms with Gasteiger partial charge in [-0.15, -0.1) is 0 Å². The molecule has 0 bridgehead atoms. The fraction of sp³-hybridized carbons (Fsp3) is 0.333. The molecule has 0 radical (unpaired) electrons. The van der Waals surface area contributed by atoms with Gasteiger partial charge in [0.05, 0.1) is 12.2 Å². The Bertz CT molecular complexity index is 1310. The minimum absolute atomic E-state index is 0.0190. The average Bonchev–Trinajstić information content (AvgIpc) is 3.06. The van der Waals surface area contributed by atoms with Crippen LogP contribution in [-0.4, -0.2) is 32.8 Å². The molecule has 0 amide bonds. The van der Waals surface area contributed by atoms with Crippen LogP contribution in [0.15, 0.2) is 35.1 Å². The molecule has 4 rings (SSSR count). The van der Waals surface area contributed by atoms with Crippen LogP contribution >= 0.6 is 0 Å². The number of ether oxygens (including phenoxy) is 2. The number of aromatic nitrogens is 3. The Morgan fingerprint density at radius 3 is 2.66 bits per heavy atom. The number of carbonyl (C=O) groups is 1. The highest BCUT2D eigenvalue weighted by Gasteiger charge is 2.24. The van der Waals surface area contributed by atoms with Crippen LogP contribution in [0, 0.1) is 39.0 Å². The molecule has 0 fully saturated rings. The molecule has 3 aromatic rings. The van der Waals surface area contributed by atoms with Crippen molar-refractivity contribution in [2.24, 2.45) is 0 Å². The van der Waals surface area contributed by atoms with Crippen molar-refractivity contribution in [3.8, 4) is 17.6 Å². The average molecular weight is 432 g/mol. The zero-order valence-corrected chi connectivity index (χ0v) is 18.5. The Morgan fingerprint density at radius 2 is 1.94 bits per heavy atom. The quantitative estimate of drug-likeness (QED) is 0.575. The Labute approximate surface area is 185 Å². The lowest BCUT2D eigenvalue weighted by atomic mass is 10.1. The van der Waals surface area contributed by atoms with Gasteiger partial charge in [0.15, 0.2) is 23.4 Å². The summed E-state index contributed by atoms with van der Waals surface area (Å²) >= 11 is 0. The highest BCUT2D eigenvalue weighted by molar-refractivity contribution is 5.97. The van der Waals surface area contributed by atoms with E-state index in [-0.39, 0.29) is 24.0 Å². The summed E-state index contributed by atoms with van der Waals surface area (Å²) in [7, 11) is 0. The first kappa shape index (κ1) is 21.4. The van der Waals surface area contributed by atoms with Crippen molar-refractivity contribution in [1.82, 2.24) is 14.3 Å². The number of benzene rings is 1. The molecule has 8 heteroatoms. The molecule has 2 aromatic heterocycles. The van der Waals surface area contributed by atoms with E-state index in [1.807, 2.05) is 54.8 Å². The van der Waals surface area contributed by atoms with Gasteiger partial charge >= 0.3 is 0 Å². The summed E-state index contributed by atoms with van der Waals surface area (Å²) in [4.78, 5) is 25.6. The molecule has 1 atom stereocenters. The second kappa shape index (κ2) is 8.35. The minimum Gasteiger partial charge on any atom is -0.486 e. The van der Waals surface area contributed by atoms with E-state index in [0.29, 0.717) is 35.7 Å². The normalized spacial score (nSPS) is 14.8. The van der Waals surface area contributed by atoms with Crippen LogP contribution in [0.1, 0.15) is 38.6 Å². The number of para-hydroxylation sites is 2. The molecule has 1 aliphatic heterocycles. The molecule has 3 heterocycles. The molecule has 8 nitrogen and oxygen atoms in total. The number of ketones is 1. The predicted octanol–water partition coefficient (Wildman–Crippen LogP) is 2.87. The zero-order chi connectivity index (χ0) is 23.0. The van der Waals surface area contributed by atoms with Crippen molar-refractivity contribution in [2.45, 2.75) is 46.9 Å². The minimum atomic E-state index is -0.552. The lowest BCUT2D eigenvalue weighted by Crippen LogP contribution is -2.33. The molecule has 0 N–H and O–H groups in total. The molecule has 0 saturated heterocycles. The molecule has 32 heavy (non-hydrogen) atoms. The van der Waals surface area contributed by atoms with Gasteiger partial charge in [0.1, 0.15) is 24.8 Å². The van der Waals surface area contributed by atoms with Gasteiger partial charge in [0.2, 0.25) is 0 Å². The van der Waals surface area contributed by atoms with Crippen molar-refractivity contribution in [3.63, 3.8) is 0 Å². The molecule has 1 aromatic carbocycles. The number of nitriles is 1. The molecule has 164 valence electrons. The van der Waals surface area contributed by atoms with Gasteiger partial charge in [-0.1, -0.05) is 12.1 Å². The summed E-state index contributed by atoms with van der Waals surface area (Å²) in [6, 6.07) is 11.3. The molecule has 1 aliphatic rings. The van der Waals surface area contributed by atoms with Crippen LogP contribution in [0.25, 0.3) is 0 Å². The van der Waals surface area contributed by atoms with Gasteiger partial charge in [-0.3, -0.25) is 9.59 Å². The summed E-state index contributed by atoms with van der Waals surface area (Å²) in [5.74, 6) is 1.19. The summed E-state index contributed by atoms with van der Waals surface area (Å²) < 4.78 is 15.0. The number of rotatable bonds is 5. The number of hydrogen-bond donors (Lipinski definition) is 0. The first-order chi connectivity index (χ1) is 15.3. The van der Waals surface area contributed by atoms with E-state index in [1.165, 1.54) is 0 Å². The van der Waals surface area contributed by atoms with E-state index in [2.05, 4.69) is 5.10 Å². The third kappa shape index (κ3) is 3.78. The highest BCUT2D eigenvalue weighted by atomic mass is 16.6. The fourth-order valence-corrected chi connectivity index (χ4v) is 3.95. The first-order valence-corrected chi connectivity index (χ1v) is 10.4. The van der Waals surface area contributed by atoms with Crippen LogP contribution in [-0.2, 0) is 13.1 Å². The highest BCUT2D eigenvalue weighted by Crippen LogP contribution is 2.31. The molecular weight excluding hydrogens is 408 g/mol. The van der Waals surface area contributed by atoms with Crippen molar-refractivity contribution in [1.29, 1.82) is 5.26 Å². The lowest BCUT2D eigenvalue weighted by molar-refractivity contribution is 0.0777. The predicted molar refractivity (Wildman–Crippen MR) is 117 cm³/mol. The summed E-state index contributed by atoms with van der Waals surface area (Å²) in [5.41, 5.74) is 2.77. The first-order valence-electron chi connectivity index (χ1n) is 10.4. The van der Waals surface area contributed by atoms with E-state index in [9.17, 15) is 14.9 Å². The molecule has 0 saturated carbocycles. The molecule has 0 spiro atoms. The lowest BCUT2D eigenvalue weighted by Gasteiger charge is -2.27. The van der Waals surface area contributed by atoms with Gasteiger partial charge in [-0.05, 0) is 51.5 Å². The number of fused-ring (bicyclic) bond motifs is 1. The number of hydrogen-bond acceptors (Lipinski definition) is 6. The van der Waals surface area contributed by atoms with E-state index in [1.54, 1.807) is 13.8 Å². The van der Waals surface area contributed by atoms with Crippen molar-refractivity contribution in [2.75, 3.05) is 6.61 Å². The third-order valence-electron chi connectivity index (χ3n) is 5.87. The Morgan fingerprint density at radius 1 is 1.22 bits per heavy atom. The number of Topliss-reactive ketones (excluding diaryl/α,β-unsaturated/α-hetero) is 1. The third-order valence-corrected chi connectivity index (χ3v) is 5.87. The maximum absolute atomic E-state index is 13.1. The van der Waals surface area contributed by atoms with Crippen molar-refractivity contribution >= 4 is 5.78 Å². The summed E-state index contributed by atoms with van der Waals surface area (Å²) in [5, 5.41) is 13.5. The van der Waals surface area contributed by atoms with Crippen LogP contribution in [0.4, 0.5) is 0 Å². The van der Waals surface area contributed by atoms with E-state index < -0.39 is 5.56 Å². The number of carbonyl (C=O) groups excluding carboxylic acids is 1. The monoisotopic (exact) mass is 432 g/mol. The Balaban J connectivity index is 1.56. The van der Waals surface area contributed by atoms with Crippen LogP contribution in [0.5, 0.6) is 11.5 Å². The Kier molecular flexibility index (Phi) is 5.57.